The number of hydrogen-bond acceptors (Lipinski definition) is 5. The van der Waals surface area contributed by atoms with E-state index in [1.165, 1.54) is 16.2 Å². The van der Waals surface area contributed by atoms with Gasteiger partial charge in [0.05, 0.1) is 12.1 Å². The van der Waals surface area contributed by atoms with Crippen LogP contribution in [0.4, 0.5) is 0 Å². The zero-order valence-corrected chi connectivity index (χ0v) is 11.5. The van der Waals surface area contributed by atoms with Crippen LogP contribution in [-0.2, 0) is 22.6 Å². The average molecular weight is 271 g/mol. The molecule has 0 aromatic carbocycles. The molecule has 0 saturated heterocycles. The third-order valence-corrected chi connectivity index (χ3v) is 3.26. The summed E-state index contributed by atoms with van der Waals surface area (Å²) >= 11 is 1.41. The predicted molar refractivity (Wildman–Crippen MR) is 68.4 cm³/mol. The summed E-state index contributed by atoms with van der Waals surface area (Å²) in [5.41, 5.74) is 0.759. The van der Waals surface area contributed by atoms with Crippen LogP contribution < -0.4 is 5.32 Å². The van der Waals surface area contributed by atoms with Gasteiger partial charge < -0.3 is 10.0 Å². The predicted octanol–water partition coefficient (Wildman–Crippen LogP) is 0.336. The molecule has 1 heterocycles. The minimum atomic E-state index is -0.895. The van der Waals surface area contributed by atoms with Crippen LogP contribution in [0.2, 0.25) is 0 Å². The number of carboxylic acids is 1. The zero-order chi connectivity index (χ0) is 13.7. The van der Waals surface area contributed by atoms with E-state index in [2.05, 4.69) is 10.3 Å². The van der Waals surface area contributed by atoms with E-state index in [9.17, 15) is 9.59 Å². The molecule has 1 amide bonds. The highest BCUT2D eigenvalue weighted by Crippen LogP contribution is 2.11. The summed E-state index contributed by atoms with van der Waals surface area (Å²) in [6, 6.07) is -0.612. The van der Waals surface area contributed by atoms with Crippen LogP contribution in [0.3, 0.4) is 0 Å². The smallest absolute Gasteiger partial charge is 0.320 e. The SMILES string of the molecule is C[C@H](NCc1csc(CC(=O)N(C)C)n1)C(=O)O. The minimum absolute atomic E-state index is 0.00256. The highest BCUT2D eigenvalue weighted by molar-refractivity contribution is 7.09. The second-order valence-corrected chi connectivity index (χ2v) is 5.08. The monoisotopic (exact) mass is 271 g/mol. The van der Waals surface area contributed by atoms with Crippen molar-refractivity contribution in [2.45, 2.75) is 25.9 Å². The van der Waals surface area contributed by atoms with E-state index in [1.807, 2.05) is 5.38 Å². The van der Waals surface area contributed by atoms with Crippen LogP contribution in [0.15, 0.2) is 5.38 Å². The lowest BCUT2D eigenvalue weighted by molar-refractivity contribution is -0.139. The third kappa shape index (κ3) is 4.42. The number of carbonyl (C=O) groups is 2. The summed E-state index contributed by atoms with van der Waals surface area (Å²) in [6.45, 7) is 1.96. The van der Waals surface area contributed by atoms with Gasteiger partial charge in [-0.25, -0.2) is 4.98 Å². The Labute approximate surface area is 110 Å². The lowest BCUT2D eigenvalue weighted by Gasteiger charge is -2.08. The van der Waals surface area contributed by atoms with Gasteiger partial charge in [0.2, 0.25) is 5.91 Å². The molecular weight excluding hydrogens is 254 g/mol. The Morgan fingerprint density at radius 2 is 2.22 bits per heavy atom. The number of likely N-dealkylation sites (N-methyl/N-ethyl adjacent to an activating group) is 1. The minimum Gasteiger partial charge on any atom is -0.480 e. The standard InChI is InChI=1S/C11H17N3O3S/c1-7(11(16)17)12-5-8-6-18-9(13-8)4-10(15)14(2)3/h6-7,12H,4-5H2,1-3H3,(H,16,17)/t7-/m0/s1. The molecule has 1 atom stereocenters. The van der Waals surface area contributed by atoms with Crippen molar-refractivity contribution in [3.63, 3.8) is 0 Å². The normalized spacial score (nSPS) is 12.2. The number of carboxylic acid groups (broad SMARTS) is 1. The number of amides is 1. The summed E-state index contributed by atoms with van der Waals surface area (Å²) in [7, 11) is 3.40. The molecule has 0 spiro atoms. The van der Waals surface area contributed by atoms with Crippen LogP contribution in [0.5, 0.6) is 0 Å². The lowest BCUT2D eigenvalue weighted by Crippen LogP contribution is -2.33. The molecule has 0 bridgehead atoms. The van der Waals surface area contributed by atoms with Crippen molar-refractivity contribution < 1.29 is 14.7 Å². The maximum absolute atomic E-state index is 11.5. The van der Waals surface area contributed by atoms with E-state index in [4.69, 9.17) is 5.11 Å². The molecule has 0 aliphatic rings. The van der Waals surface area contributed by atoms with Crippen LogP contribution >= 0.6 is 11.3 Å². The summed E-state index contributed by atoms with van der Waals surface area (Å²) in [4.78, 5) is 27.9. The molecule has 18 heavy (non-hydrogen) atoms. The number of nitrogens with one attached hydrogen (secondary N) is 1. The van der Waals surface area contributed by atoms with Crippen molar-refractivity contribution in [2.24, 2.45) is 0 Å². The average Bonchev–Trinajstić information content (AvgIpc) is 2.73. The lowest BCUT2D eigenvalue weighted by atomic mass is 10.3. The largest absolute Gasteiger partial charge is 0.480 e. The Balaban J connectivity index is 2.48. The summed E-state index contributed by atoms with van der Waals surface area (Å²) in [6.07, 6.45) is 0.284. The topological polar surface area (TPSA) is 82.5 Å². The first-order valence-corrected chi connectivity index (χ1v) is 6.37. The molecule has 0 saturated carbocycles. The van der Waals surface area contributed by atoms with Crippen LogP contribution in [0.1, 0.15) is 17.6 Å². The number of aromatic nitrogens is 1. The fourth-order valence-corrected chi connectivity index (χ4v) is 1.93. The summed E-state index contributed by atoms with van der Waals surface area (Å²) < 4.78 is 0. The van der Waals surface area contributed by atoms with Gasteiger partial charge in [0.1, 0.15) is 11.0 Å². The van der Waals surface area contributed by atoms with Gasteiger partial charge in [-0.15, -0.1) is 11.3 Å². The van der Waals surface area contributed by atoms with Gasteiger partial charge in [-0.1, -0.05) is 0 Å². The third-order valence-electron chi connectivity index (χ3n) is 2.36. The molecule has 1 aromatic rings. The number of thiazole rings is 1. The molecule has 1 aromatic heterocycles. The van der Waals surface area contributed by atoms with Gasteiger partial charge >= 0.3 is 5.97 Å². The van der Waals surface area contributed by atoms with E-state index in [0.29, 0.717) is 6.54 Å². The Hall–Kier alpha value is -1.47. The van der Waals surface area contributed by atoms with Crippen molar-refractivity contribution in [3.8, 4) is 0 Å². The number of aliphatic carboxylic acids is 1. The van der Waals surface area contributed by atoms with E-state index < -0.39 is 12.0 Å². The first-order valence-electron chi connectivity index (χ1n) is 5.49. The van der Waals surface area contributed by atoms with Crippen molar-refractivity contribution in [3.05, 3.63) is 16.1 Å². The van der Waals surface area contributed by atoms with Crippen LogP contribution in [0, 0.1) is 0 Å². The number of hydrogen-bond donors (Lipinski definition) is 2. The van der Waals surface area contributed by atoms with Gasteiger partial charge in [-0.3, -0.25) is 14.9 Å². The Bertz CT molecular complexity index is 431. The van der Waals surface area contributed by atoms with Crippen molar-refractivity contribution >= 4 is 23.2 Å². The van der Waals surface area contributed by atoms with Crippen molar-refractivity contribution in [1.29, 1.82) is 0 Å². The van der Waals surface area contributed by atoms with Crippen LogP contribution in [-0.4, -0.2) is 47.0 Å². The van der Waals surface area contributed by atoms with E-state index in [1.54, 1.807) is 21.0 Å². The fraction of sp³-hybridized carbons (Fsp3) is 0.545. The summed E-state index contributed by atoms with van der Waals surface area (Å²) in [5, 5.41) is 14.1. The fourth-order valence-electron chi connectivity index (χ4n) is 1.14. The molecule has 100 valence electrons. The molecule has 0 fully saturated rings. The van der Waals surface area contributed by atoms with E-state index >= 15 is 0 Å². The van der Waals surface area contributed by atoms with E-state index in [-0.39, 0.29) is 12.3 Å². The Kier molecular flexibility index (Phi) is 5.24. The maximum Gasteiger partial charge on any atom is 0.320 e. The Morgan fingerprint density at radius 1 is 1.56 bits per heavy atom. The Morgan fingerprint density at radius 3 is 2.78 bits per heavy atom. The molecule has 0 aliphatic heterocycles. The molecule has 0 aliphatic carbocycles. The second-order valence-electron chi connectivity index (χ2n) is 4.14. The highest BCUT2D eigenvalue weighted by atomic mass is 32.1. The number of rotatable bonds is 6. The van der Waals surface area contributed by atoms with Gasteiger partial charge in [0, 0.05) is 26.0 Å². The molecular formula is C11H17N3O3S. The van der Waals surface area contributed by atoms with Gasteiger partial charge in [0.15, 0.2) is 0 Å². The quantitative estimate of drug-likeness (QED) is 0.779. The van der Waals surface area contributed by atoms with Gasteiger partial charge in [-0.2, -0.15) is 0 Å². The highest BCUT2D eigenvalue weighted by Gasteiger charge is 2.12. The van der Waals surface area contributed by atoms with Crippen molar-refractivity contribution in [1.82, 2.24) is 15.2 Å². The second kappa shape index (κ2) is 6.46. The van der Waals surface area contributed by atoms with Crippen LogP contribution in [0.25, 0.3) is 0 Å². The first-order chi connectivity index (χ1) is 8.40. The molecule has 6 nitrogen and oxygen atoms in total. The molecule has 1 rings (SSSR count). The van der Waals surface area contributed by atoms with Crippen molar-refractivity contribution in [2.75, 3.05) is 14.1 Å². The number of carbonyl (C=O) groups excluding carboxylic acids is 1. The van der Waals surface area contributed by atoms with Gasteiger partial charge in [0.25, 0.3) is 0 Å². The summed E-state index contributed by atoms with van der Waals surface area (Å²) in [5.74, 6) is -0.893. The molecule has 0 radical (unpaired) electrons. The van der Waals surface area contributed by atoms with Gasteiger partial charge in [-0.05, 0) is 6.92 Å². The zero-order valence-electron chi connectivity index (χ0n) is 10.6. The molecule has 7 heteroatoms. The molecule has 2 N–H and O–H groups in total. The maximum atomic E-state index is 11.5. The number of nitrogens with zero attached hydrogens (tertiary/aromatic N) is 2. The first kappa shape index (κ1) is 14.6. The van der Waals surface area contributed by atoms with E-state index in [0.717, 1.165) is 10.7 Å². The molecule has 0 unspecified atom stereocenters.